The molecular formula is C17H24FIN6. The molecule has 1 fully saturated rings. The highest BCUT2D eigenvalue weighted by molar-refractivity contribution is 14.0. The minimum atomic E-state index is -0.204. The van der Waals surface area contributed by atoms with Gasteiger partial charge >= 0.3 is 0 Å². The Morgan fingerprint density at radius 1 is 1.16 bits per heavy atom. The molecule has 6 nitrogen and oxygen atoms in total. The first-order valence-corrected chi connectivity index (χ1v) is 8.23. The SMILES string of the molecule is I.NC(=NCCCn1ccnc1)N1CCN(c2ccc(F)cc2)CC1. The molecule has 0 aliphatic carbocycles. The summed E-state index contributed by atoms with van der Waals surface area (Å²) in [6, 6.07) is 6.63. The lowest BCUT2D eigenvalue weighted by atomic mass is 10.2. The average Bonchev–Trinajstić information content (AvgIpc) is 3.13. The second kappa shape index (κ2) is 9.59. The van der Waals surface area contributed by atoms with Crippen LogP contribution in [0.25, 0.3) is 0 Å². The summed E-state index contributed by atoms with van der Waals surface area (Å²) in [5, 5.41) is 0. The van der Waals surface area contributed by atoms with Crippen LogP contribution in [0.15, 0.2) is 48.0 Å². The second-order valence-electron chi connectivity index (χ2n) is 5.84. The largest absolute Gasteiger partial charge is 0.370 e. The predicted octanol–water partition coefficient (Wildman–Crippen LogP) is 2.17. The summed E-state index contributed by atoms with van der Waals surface area (Å²) in [4.78, 5) is 12.8. The van der Waals surface area contributed by atoms with E-state index in [1.165, 1.54) is 12.1 Å². The first-order valence-electron chi connectivity index (χ1n) is 8.23. The maximum atomic E-state index is 13.0. The lowest BCUT2D eigenvalue weighted by molar-refractivity contribution is 0.380. The molecule has 0 spiro atoms. The van der Waals surface area contributed by atoms with Gasteiger partial charge in [0.05, 0.1) is 6.33 Å². The van der Waals surface area contributed by atoms with Crippen molar-refractivity contribution in [3.63, 3.8) is 0 Å². The monoisotopic (exact) mass is 458 g/mol. The second-order valence-corrected chi connectivity index (χ2v) is 5.84. The summed E-state index contributed by atoms with van der Waals surface area (Å²) in [5.41, 5.74) is 7.15. The number of aliphatic imine (C=N–C) groups is 1. The molecule has 2 aromatic rings. The molecule has 1 aromatic heterocycles. The fraction of sp³-hybridized carbons (Fsp3) is 0.412. The zero-order chi connectivity index (χ0) is 16.8. The van der Waals surface area contributed by atoms with Gasteiger partial charge in [-0.15, -0.1) is 24.0 Å². The standard InChI is InChI=1S/C17H23FN6.HI/c18-15-2-4-16(5-3-15)23-10-12-24(13-11-23)17(19)21-6-1-8-22-9-7-20-14-22;/h2-5,7,9,14H,1,6,8,10-13H2,(H2,19,21);1H. The van der Waals surface area contributed by atoms with Gasteiger partial charge in [-0.05, 0) is 30.7 Å². The Hall–Kier alpha value is -1.84. The molecule has 0 saturated carbocycles. The molecule has 0 amide bonds. The zero-order valence-electron chi connectivity index (χ0n) is 14.1. The van der Waals surface area contributed by atoms with Gasteiger partial charge in [0, 0.05) is 57.3 Å². The average molecular weight is 458 g/mol. The number of anilines is 1. The number of nitrogens with zero attached hydrogens (tertiary/aromatic N) is 5. The van der Waals surface area contributed by atoms with Crippen molar-refractivity contribution in [3.8, 4) is 0 Å². The van der Waals surface area contributed by atoms with Crippen molar-refractivity contribution < 1.29 is 4.39 Å². The first-order chi connectivity index (χ1) is 11.7. The number of aromatic nitrogens is 2. The molecule has 1 aliphatic rings. The molecule has 1 aliphatic heterocycles. The highest BCUT2D eigenvalue weighted by Crippen LogP contribution is 2.16. The van der Waals surface area contributed by atoms with E-state index in [-0.39, 0.29) is 29.8 Å². The van der Waals surface area contributed by atoms with Crippen LogP contribution in [0.3, 0.4) is 0 Å². The van der Waals surface area contributed by atoms with Gasteiger partial charge in [0.1, 0.15) is 5.82 Å². The van der Waals surface area contributed by atoms with Gasteiger partial charge in [-0.25, -0.2) is 9.37 Å². The van der Waals surface area contributed by atoms with E-state index in [0.29, 0.717) is 12.5 Å². The van der Waals surface area contributed by atoms with Crippen LogP contribution in [0, 0.1) is 5.82 Å². The topological polar surface area (TPSA) is 62.7 Å². The number of hydrogen-bond acceptors (Lipinski definition) is 3. The lowest BCUT2D eigenvalue weighted by Crippen LogP contribution is -2.51. The predicted molar refractivity (Wildman–Crippen MR) is 109 cm³/mol. The maximum Gasteiger partial charge on any atom is 0.191 e. The highest BCUT2D eigenvalue weighted by atomic mass is 127. The number of nitrogens with two attached hydrogens (primary N) is 1. The van der Waals surface area contributed by atoms with Crippen LogP contribution in [-0.2, 0) is 6.54 Å². The fourth-order valence-electron chi connectivity index (χ4n) is 2.81. The third-order valence-electron chi connectivity index (χ3n) is 4.20. The van der Waals surface area contributed by atoms with Gasteiger partial charge in [-0.2, -0.15) is 0 Å². The number of halogens is 2. The molecule has 136 valence electrons. The van der Waals surface area contributed by atoms with Gasteiger partial charge in [-0.3, -0.25) is 4.99 Å². The van der Waals surface area contributed by atoms with Crippen LogP contribution in [0.2, 0.25) is 0 Å². The molecule has 3 rings (SSSR count). The van der Waals surface area contributed by atoms with Gasteiger partial charge < -0.3 is 20.1 Å². The van der Waals surface area contributed by atoms with Crippen molar-refractivity contribution in [1.82, 2.24) is 14.5 Å². The molecule has 8 heteroatoms. The highest BCUT2D eigenvalue weighted by Gasteiger charge is 2.18. The molecule has 25 heavy (non-hydrogen) atoms. The summed E-state index contributed by atoms with van der Waals surface area (Å²) >= 11 is 0. The Morgan fingerprint density at radius 3 is 2.52 bits per heavy atom. The number of guanidine groups is 1. The Morgan fingerprint density at radius 2 is 1.88 bits per heavy atom. The van der Waals surface area contributed by atoms with Crippen molar-refractivity contribution in [2.24, 2.45) is 10.7 Å². The molecular weight excluding hydrogens is 434 g/mol. The van der Waals surface area contributed by atoms with E-state index in [2.05, 4.69) is 19.8 Å². The maximum absolute atomic E-state index is 13.0. The van der Waals surface area contributed by atoms with Crippen LogP contribution in [0.4, 0.5) is 10.1 Å². The first kappa shape index (κ1) is 19.5. The Kier molecular flexibility index (Phi) is 7.48. The van der Waals surface area contributed by atoms with Crippen molar-refractivity contribution in [3.05, 3.63) is 48.8 Å². The lowest BCUT2D eigenvalue weighted by Gasteiger charge is -2.36. The van der Waals surface area contributed by atoms with Crippen molar-refractivity contribution in [2.45, 2.75) is 13.0 Å². The summed E-state index contributed by atoms with van der Waals surface area (Å²) < 4.78 is 15.0. The van der Waals surface area contributed by atoms with E-state index < -0.39 is 0 Å². The van der Waals surface area contributed by atoms with Gasteiger partial charge in [-0.1, -0.05) is 0 Å². The number of imidazole rings is 1. The van der Waals surface area contributed by atoms with E-state index in [0.717, 1.165) is 44.8 Å². The number of hydrogen-bond donors (Lipinski definition) is 1. The molecule has 1 saturated heterocycles. The third kappa shape index (κ3) is 5.58. The molecule has 0 unspecified atom stereocenters. The number of benzene rings is 1. The minimum absolute atomic E-state index is 0. The van der Waals surface area contributed by atoms with Crippen molar-refractivity contribution >= 4 is 35.6 Å². The quantitative estimate of drug-likeness (QED) is 0.323. The third-order valence-corrected chi connectivity index (χ3v) is 4.20. The Bertz CT molecular complexity index is 650. The summed E-state index contributed by atoms with van der Waals surface area (Å²) in [5.74, 6) is 0.406. The molecule has 0 radical (unpaired) electrons. The Labute approximate surface area is 164 Å². The van der Waals surface area contributed by atoms with Crippen molar-refractivity contribution in [1.29, 1.82) is 0 Å². The van der Waals surface area contributed by atoms with Gasteiger partial charge in [0.25, 0.3) is 0 Å². The van der Waals surface area contributed by atoms with E-state index in [4.69, 9.17) is 5.73 Å². The molecule has 2 heterocycles. The zero-order valence-corrected chi connectivity index (χ0v) is 16.4. The molecule has 0 atom stereocenters. The Balaban J connectivity index is 0.00000225. The molecule has 0 bridgehead atoms. The van der Waals surface area contributed by atoms with Crippen molar-refractivity contribution in [2.75, 3.05) is 37.6 Å². The smallest absolute Gasteiger partial charge is 0.191 e. The summed E-state index contributed by atoms with van der Waals surface area (Å²) in [6.07, 6.45) is 6.47. The molecule has 1 aromatic carbocycles. The fourth-order valence-corrected chi connectivity index (χ4v) is 2.81. The van der Waals surface area contributed by atoms with Crippen LogP contribution < -0.4 is 10.6 Å². The normalized spacial score (nSPS) is 15.2. The van der Waals surface area contributed by atoms with E-state index in [1.54, 1.807) is 6.20 Å². The summed E-state index contributed by atoms with van der Waals surface area (Å²) in [7, 11) is 0. The van der Waals surface area contributed by atoms with Gasteiger partial charge in [0.2, 0.25) is 0 Å². The van der Waals surface area contributed by atoms with Crippen LogP contribution in [0.5, 0.6) is 0 Å². The van der Waals surface area contributed by atoms with Crippen LogP contribution >= 0.6 is 24.0 Å². The molecule has 2 N–H and O–H groups in total. The van der Waals surface area contributed by atoms with Crippen LogP contribution in [-0.4, -0.2) is 53.1 Å². The minimum Gasteiger partial charge on any atom is -0.370 e. The van der Waals surface area contributed by atoms with Gasteiger partial charge in [0.15, 0.2) is 5.96 Å². The summed E-state index contributed by atoms with van der Waals surface area (Å²) in [6.45, 7) is 4.98. The number of rotatable bonds is 5. The van der Waals surface area contributed by atoms with E-state index in [9.17, 15) is 4.39 Å². The van der Waals surface area contributed by atoms with E-state index in [1.807, 2.05) is 29.2 Å². The van der Waals surface area contributed by atoms with E-state index >= 15 is 0 Å². The number of aryl methyl sites for hydroxylation is 1. The number of piperazine rings is 1. The van der Waals surface area contributed by atoms with Crippen LogP contribution in [0.1, 0.15) is 6.42 Å².